The van der Waals surface area contributed by atoms with Crippen molar-refractivity contribution < 1.29 is 4.39 Å². The maximum absolute atomic E-state index is 13.2. The van der Waals surface area contributed by atoms with Crippen molar-refractivity contribution in [2.24, 2.45) is 0 Å². The summed E-state index contributed by atoms with van der Waals surface area (Å²) in [5, 5.41) is 3.41. The summed E-state index contributed by atoms with van der Waals surface area (Å²) in [6, 6.07) is 2.32. The summed E-state index contributed by atoms with van der Waals surface area (Å²) in [6.45, 7) is 0.624. The molecule has 1 aromatic rings. The topological polar surface area (TPSA) is 24.9 Å². The third-order valence-corrected chi connectivity index (χ3v) is 3.04. The summed E-state index contributed by atoms with van der Waals surface area (Å²) in [4.78, 5) is 3.74. The molecule has 0 spiro atoms. The van der Waals surface area contributed by atoms with Crippen molar-refractivity contribution in [2.45, 2.75) is 44.7 Å². The van der Waals surface area contributed by atoms with Gasteiger partial charge in [-0.3, -0.25) is 4.98 Å². The van der Waals surface area contributed by atoms with Crippen LogP contribution < -0.4 is 5.32 Å². The van der Waals surface area contributed by atoms with Gasteiger partial charge in [-0.15, -0.1) is 0 Å². The van der Waals surface area contributed by atoms with E-state index in [-0.39, 0.29) is 5.82 Å². The number of halogens is 1. The van der Waals surface area contributed by atoms with E-state index in [1.165, 1.54) is 38.3 Å². The quantitative estimate of drug-likeness (QED) is 0.826. The third kappa shape index (κ3) is 2.99. The van der Waals surface area contributed by atoms with Gasteiger partial charge >= 0.3 is 0 Å². The fourth-order valence-electron chi connectivity index (χ4n) is 2.11. The van der Waals surface area contributed by atoms with E-state index in [2.05, 4.69) is 10.3 Å². The Bertz CT molecular complexity index is 308. The Morgan fingerprint density at radius 3 is 2.87 bits per heavy atom. The smallest absolute Gasteiger partial charge is 0.145 e. The van der Waals surface area contributed by atoms with Gasteiger partial charge in [-0.2, -0.15) is 0 Å². The second-order valence-electron chi connectivity index (χ2n) is 4.18. The van der Waals surface area contributed by atoms with Gasteiger partial charge in [-0.1, -0.05) is 19.3 Å². The summed E-state index contributed by atoms with van der Waals surface area (Å²) >= 11 is 0. The number of nitrogens with one attached hydrogen (secondary N) is 1. The van der Waals surface area contributed by atoms with Crippen molar-refractivity contribution in [2.75, 3.05) is 0 Å². The van der Waals surface area contributed by atoms with Crippen LogP contribution in [0.25, 0.3) is 0 Å². The molecule has 0 bridgehead atoms. The predicted molar refractivity (Wildman–Crippen MR) is 57.9 cm³/mol. The number of aromatic nitrogens is 1. The van der Waals surface area contributed by atoms with Gasteiger partial charge in [0.15, 0.2) is 0 Å². The zero-order valence-corrected chi connectivity index (χ0v) is 8.88. The van der Waals surface area contributed by atoms with Crippen LogP contribution in [0.2, 0.25) is 0 Å². The van der Waals surface area contributed by atoms with Gasteiger partial charge in [0.05, 0.1) is 6.20 Å². The molecule has 3 heteroatoms. The molecule has 1 heterocycles. The zero-order valence-electron chi connectivity index (χ0n) is 8.88. The second-order valence-corrected chi connectivity index (χ2v) is 4.18. The van der Waals surface area contributed by atoms with Gasteiger partial charge in [0, 0.05) is 24.3 Å². The average Bonchev–Trinajstić information content (AvgIpc) is 2.29. The van der Waals surface area contributed by atoms with Crippen molar-refractivity contribution in [3.8, 4) is 0 Å². The Labute approximate surface area is 89.9 Å². The van der Waals surface area contributed by atoms with E-state index < -0.39 is 0 Å². The molecule has 1 aliphatic rings. The molecule has 1 fully saturated rings. The van der Waals surface area contributed by atoms with E-state index in [0.717, 1.165) is 5.56 Å². The van der Waals surface area contributed by atoms with Crippen molar-refractivity contribution in [3.63, 3.8) is 0 Å². The minimum atomic E-state index is -0.208. The Kier molecular flexibility index (Phi) is 3.67. The zero-order chi connectivity index (χ0) is 10.5. The van der Waals surface area contributed by atoms with Crippen LogP contribution in [0.5, 0.6) is 0 Å². The van der Waals surface area contributed by atoms with E-state index in [9.17, 15) is 4.39 Å². The third-order valence-electron chi connectivity index (χ3n) is 3.04. The lowest BCUT2D eigenvalue weighted by Crippen LogP contribution is -2.30. The summed E-state index contributed by atoms with van der Waals surface area (Å²) in [6.07, 6.45) is 9.33. The number of hydrogen-bond donors (Lipinski definition) is 1. The summed E-state index contributed by atoms with van der Waals surface area (Å²) < 4.78 is 13.2. The summed E-state index contributed by atoms with van der Waals surface area (Å²) in [7, 11) is 0. The molecule has 0 aliphatic heterocycles. The van der Waals surface area contributed by atoms with Crippen molar-refractivity contribution >= 4 is 0 Å². The van der Waals surface area contributed by atoms with E-state index in [0.29, 0.717) is 12.6 Å². The molecule has 1 aromatic heterocycles. The van der Waals surface area contributed by atoms with E-state index >= 15 is 0 Å². The molecule has 0 aromatic carbocycles. The molecule has 2 nitrogen and oxygen atoms in total. The van der Waals surface area contributed by atoms with Crippen LogP contribution in [0.1, 0.15) is 37.7 Å². The highest BCUT2D eigenvalue weighted by Gasteiger charge is 2.12. The molecule has 1 aliphatic carbocycles. The van der Waals surface area contributed by atoms with E-state index in [1.807, 2.05) is 0 Å². The molecule has 1 saturated carbocycles. The SMILES string of the molecule is Fc1cnccc1CNC1CCCCC1. The largest absolute Gasteiger partial charge is 0.310 e. The Morgan fingerprint density at radius 2 is 2.13 bits per heavy atom. The van der Waals surface area contributed by atoms with Crippen LogP contribution in [0.4, 0.5) is 4.39 Å². The molecule has 2 rings (SSSR count). The molecule has 15 heavy (non-hydrogen) atoms. The summed E-state index contributed by atoms with van der Waals surface area (Å²) in [5.41, 5.74) is 0.718. The van der Waals surface area contributed by atoms with Gasteiger partial charge in [-0.25, -0.2) is 4.39 Å². The van der Waals surface area contributed by atoms with Crippen molar-refractivity contribution in [1.82, 2.24) is 10.3 Å². The maximum atomic E-state index is 13.2. The lowest BCUT2D eigenvalue weighted by molar-refractivity contribution is 0.370. The normalized spacial score (nSPS) is 17.9. The number of pyridine rings is 1. The first kappa shape index (κ1) is 10.6. The minimum absolute atomic E-state index is 0.208. The fraction of sp³-hybridized carbons (Fsp3) is 0.583. The Balaban J connectivity index is 1.84. The molecule has 82 valence electrons. The van der Waals surface area contributed by atoms with Gasteiger partial charge in [0.1, 0.15) is 5.82 Å². The first-order valence-electron chi connectivity index (χ1n) is 5.68. The van der Waals surface area contributed by atoms with Crippen molar-refractivity contribution in [3.05, 3.63) is 29.8 Å². The molecule has 1 N–H and O–H groups in total. The lowest BCUT2D eigenvalue weighted by atomic mass is 9.95. The molecule has 0 unspecified atom stereocenters. The molecule has 0 atom stereocenters. The molecular weight excluding hydrogens is 191 g/mol. The minimum Gasteiger partial charge on any atom is -0.310 e. The van der Waals surface area contributed by atoms with E-state index in [4.69, 9.17) is 0 Å². The average molecular weight is 208 g/mol. The molecule has 0 amide bonds. The number of rotatable bonds is 3. The van der Waals surface area contributed by atoms with Crippen LogP contribution in [0, 0.1) is 5.82 Å². The highest BCUT2D eigenvalue weighted by atomic mass is 19.1. The standard InChI is InChI=1S/C12H17FN2/c13-12-9-14-7-6-10(12)8-15-11-4-2-1-3-5-11/h6-7,9,11,15H,1-5,8H2. The lowest BCUT2D eigenvalue weighted by Gasteiger charge is -2.22. The predicted octanol–water partition coefficient (Wildman–Crippen LogP) is 2.64. The highest BCUT2D eigenvalue weighted by molar-refractivity contribution is 5.12. The van der Waals surface area contributed by atoms with Crippen LogP contribution >= 0.6 is 0 Å². The second kappa shape index (κ2) is 5.21. The first-order valence-corrected chi connectivity index (χ1v) is 5.68. The maximum Gasteiger partial charge on any atom is 0.145 e. The van der Waals surface area contributed by atoms with Gasteiger partial charge in [0.2, 0.25) is 0 Å². The van der Waals surface area contributed by atoms with Crippen molar-refractivity contribution in [1.29, 1.82) is 0 Å². The van der Waals surface area contributed by atoms with Crippen LogP contribution in [-0.4, -0.2) is 11.0 Å². The highest BCUT2D eigenvalue weighted by Crippen LogP contribution is 2.18. The van der Waals surface area contributed by atoms with Crippen LogP contribution in [0.15, 0.2) is 18.5 Å². The molecule has 0 radical (unpaired) electrons. The van der Waals surface area contributed by atoms with Gasteiger partial charge < -0.3 is 5.32 Å². The van der Waals surface area contributed by atoms with Crippen LogP contribution in [0.3, 0.4) is 0 Å². The monoisotopic (exact) mass is 208 g/mol. The first-order chi connectivity index (χ1) is 7.36. The Morgan fingerprint density at radius 1 is 1.33 bits per heavy atom. The number of hydrogen-bond acceptors (Lipinski definition) is 2. The van der Waals surface area contributed by atoms with E-state index in [1.54, 1.807) is 12.3 Å². The Hall–Kier alpha value is -0.960. The fourth-order valence-corrected chi connectivity index (χ4v) is 2.11. The van der Waals surface area contributed by atoms with Gasteiger partial charge in [-0.05, 0) is 18.9 Å². The van der Waals surface area contributed by atoms with Gasteiger partial charge in [0.25, 0.3) is 0 Å². The summed E-state index contributed by atoms with van der Waals surface area (Å²) in [5.74, 6) is -0.208. The number of nitrogens with zero attached hydrogens (tertiary/aromatic N) is 1. The van der Waals surface area contributed by atoms with Crippen LogP contribution in [-0.2, 0) is 6.54 Å². The molecule has 0 saturated heterocycles. The molecular formula is C12H17FN2.